The fraction of sp³-hybridized carbons (Fsp3) is 0.538. The van der Waals surface area contributed by atoms with Crippen molar-refractivity contribution in [1.82, 2.24) is 10.0 Å². The van der Waals surface area contributed by atoms with Crippen molar-refractivity contribution in [1.29, 1.82) is 0 Å². The number of hydrogen-bond donors (Lipinski definition) is 2. The Labute approximate surface area is 110 Å². The average Bonchev–Trinajstić information content (AvgIpc) is 2.36. The van der Waals surface area contributed by atoms with Crippen molar-refractivity contribution in [2.24, 2.45) is 0 Å². The van der Waals surface area contributed by atoms with E-state index in [0.717, 1.165) is 19.4 Å². The number of benzene rings is 1. The van der Waals surface area contributed by atoms with Gasteiger partial charge in [-0.2, -0.15) is 0 Å². The Morgan fingerprint density at radius 1 is 1.11 bits per heavy atom. The van der Waals surface area contributed by atoms with Crippen LogP contribution >= 0.6 is 0 Å². The molecule has 0 saturated carbocycles. The van der Waals surface area contributed by atoms with Crippen LogP contribution in [-0.4, -0.2) is 33.8 Å². The van der Waals surface area contributed by atoms with Gasteiger partial charge in [-0.25, -0.2) is 13.1 Å². The van der Waals surface area contributed by atoms with Crippen LogP contribution in [0.4, 0.5) is 0 Å². The Bertz CT molecular complexity index is 418. The highest BCUT2D eigenvalue weighted by Gasteiger charge is 2.07. The van der Waals surface area contributed by atoms with Gasteiger partial charge < -0.3 is 5.32 Å². The van der Waals surface area contributed by atoms with Gasteiger partial charge >= 0.3 is 0 Å². The Morgan fingerprint density at radius 2 is 1.83 bits per heavy atom. The van der Waals surface area contributed by atoms with Gasteiger partial charge in [0.15, 0.2) is 0 Å². The molecule has 0 amide bonds. The molecule has 0 aliphatic heterocycles. The Hall–Kier alpha value is -0.910. The third kappa shape index (κ3) is 6.74. The predicted molar refractivity (Wildman–Crippen MR) is 75.1 cm³/mol. The molecule has 2 N–H and O–H groups in total. The minimum Gasteiger partial charge on any atom is -0.316 e. The van der Waals surface area contributed by atoms with E-state index < -0.39 is 10.0 Å². The van der Waals surface area contributed by atoms with Crippen LogP contribution in [0.25, 0.3) is 0 Å². The van der Waals surface area contributed by atoms with Crippen LogP contribution in [0.5, 0.6) is 0 Å². The summed E-state index contributed by atoms with van der Waals surface area (Å²) in [5.41, 5.74) is 1.24. The van der Waals surface area contributed by atoms with Crippen LogP contribution in [0.3, 0.4) is 0 Å². The topological polar surface area (TPSA) is 58.2 Å². The molecule has 0 radical (unpaired) electrons. The molecule has 4 nitrogen and oxygen atoms in total. The average molecular weight is 270 g/mol. The van der Waals surface area contributed by atoms with Crippen molar-refractivity contribution in [2.75, 3.05) is 25.4 Å². The van der Waals surface area contributed by atoms with Crippen LogP contribution < -0.4 is 10.0 Å². The molecule has 0 heterocycles. The molecular formula is C13H22N2O2S. The minimum absolute atomic E-state index is 0.145. The summed E-state index contributed by atoms with van der Waals surface area (Å²) in [5, 5.41) is 3.00. The molecule has 1 rings (SSSR count). The molecule has 0 spiro atoms. The zero-order valence-corrected chi connectivity index (χ0v) is 11.7. The molecule has 1 aromatic rings. The lowest BCUT2D eigenvalue weighted by Gasteiger charge is -2.07. The van der Waals surface area contributed by atoms with Gasteiger partial charge in [-0.15, -0.1) is 0 Å². The zero-order valence-electron chi connectivity index (χ0n) is 10.9. The first-order chi connectivity index (χ1) is 8.64. The van der Waals surface area contributed by atoms with Crippen LogP contribution in [0, 0.1) is 0 Å². The lowest BCUT2D eigenvalue weighted by molar-refractivity contribution is 0.575. The van der Waals surface area contributed by atoms with Crippen molar-refractivity contribution >= 4 is 10.0 Å². The smallest absolute Gasteiger partial charge is 0.212 e. The lowest BCUT2D eigenvalue weighted by Crippen LogP contribution is -2.32. The molecule has 5 heteroatoms. The second-order valence-electron chi connectivity index (χ2n) is 4.16. The third-order valence-electron chi connectivity index (χ3n) is 2.60. The Morgan fingerprint density at radius 3 is 2.50 bits per heavy atom. The van der Waals surface area contributed by atoms with Crippen LogP contribution in [-0.2, 0) is 16.4 Å². The van der Waals surface area contributed by atoms with Gasteiger partial charge in [0, 0.05) is 13.1 Å². The maximum atomic E-state index is 11.6. The van der Waals surface area contributed by atoms with E-state index in [1.54, 1.807) is 0 Å². The van der Waals surface area contributed by atoms with Crippen molar-refractivity contribution in [3.63, 3.8) is 0 Å². The van der Waals surface area contributed by atoms with Gasteiger partial charge in [0.2, 0.25) is 10.0 Å². The van der Waals surface area contributed by atoms with E-state index in [-0.39, 0.29) is 5.75 Å². The summed E-state index contributed by atoms with van der Waals surface area (Å²) in [6.45, 7) is 3.76. The van der Waals surface area contributed by atoms with E-state index >= 15 is 0 Å². The summed E-state index contributed by atoms with van der Waals surface area (Å²) in [4.78, 5) is 0. The quantitative estimate of drug-likeness (QED) is 0.662. The SMILES string of the molecule is CCNCCS(=O)(=O)NCCCc1ccccc1. The molecule has 0 atom stereocenters. The van der Waals surface area contributed by atoms with E-state index in [4.69, 9.17) is 0 Å². The summed E-state index contributed by atoms with van der Waals surface area (Å²) in [6, 6.07) is 10.1. The van der Waals surface area contributed by atoms with Gasteiger partial charge in [0.1, 0.15) is 0 Å². The van der Waals surface area contributed by atoms with Gasteiger partial charge in [-0.05, 0) is 24.9 Å². The number of nitrogens with one attached hydrogen (secondary N) is 2. The van der Waals surface area contributed by atoms with Crippen molar-refractivity contribution in [3.05, 3.63) is 35.9 Å². The van der Waals surface area contributed by atoms with E-state index in [9.17, 15) is 8.42 Å². The first kappa shape index (κ1) is 15.1. The molecule has 0 aliphatic rings. The fourth-order valence-electron chi connectivity index (χ4n) is 1.62. The standard InChI is InChI=1S/C13H22N2O2S/c1-2-14-11-12-18(16,17)15-10-6-9-13-7-4-3-5-8-13/h3-5,7-8,14-15H,2,6,9-12H2,1H3. The monoisotopic (exact) mass is 270 g/mol. The van der Waals surface area contributed by atoms with Crippen LogP contribution in [0.15, 0.2) is 30.3 Å². The molecule has 0 fully saturated rings. The second-order valence-corrected chi connectivity index (χ2v) is 6.08. The molecule has 18 heavy (non-hydrogen) atoms. The zero-order chi connectivity index (χ0) is 13.3. The van der Waals surface area contributed by atoms with E-state index in [2.05, 4.69) is 22.2 Å². The number of hydrogen-bond acceptors (Lipinski definition) is 3. The Balaban J connectivity index is 2.17. The number of sulfonamides is 1. The summed E-state index contributed by atoms with van der Waals surface area (Å²) < 4.78 is 25.8. The summed E-state index contributed by atoms with van der Waals surface area (Å²) in [5.74, 6) is 0.145. The maximum Gasteiger partial charge on any atom is 0.212 e. The predicted octanol–water partition coefficient (Wildman–Crippen LogP) is 1.15. The maximum absolute atomic E-state index is 11.6. The highest BCUT2D eigenvalue weighted by Crippen LogP contribution is 2.01. The minimum atomic E-state index is -3.12. The van der Waals surface area contributed by atoms with Crippen LogP contribution in [0.2, 0.25) is 0 Å². The summed E-state index contributed by atoms with van der Waals surface area (Å²) in [6.07, 6.45) is 1.72. The molecule has 0 bridgehead atoms. The van der Waals surface area contributed by atoms with Crippen molar-refractivity contribution in [3.8, 4) is 0 Å². The largest absolute Gasteiger partial charge is 0.316 e. The highest BCUT2D eigenvalue weighted by atomic mass is 32.2. The molecule has 0 saturated heterocycles. The van der Waals surface area contributed by atoms with Gasteiger partial charge in [0.25, 0.3) is 0 Å². The van der Waals surface area contributed by atoms with E-state index in [0.29, 0.717) is 13.1 Å². The molecule has 0 aromatic heterocycles. The molecule has 102 valence electrons. The number of rotatable bonds is 9. The first-order valence-corrected chi connectivity index (χ1v) is 8.01. The second kappa shape index (κ2) is 8.24. The fourth-order valence-corrected chi connectivity index (χ4v) is 2.63. The van der Waals surface area contributed by atoms with Crippen molar-refractivity contribution in [2.45, 2.75) is 19.8 Å². The molecular weight excluding hydrogens is 248 g/mol. The third-order valence-corrected chi connectivity index (χ3v) is 3.99. The highest BCUT2D eigenvalue weighted by molar-refractivity contribution is 7.89. The van der Waals surface area contributed by atoms with Gasteiger partial charge in [-0.1, -0.05) is 37.3 Å². The van der Waals surface area contributed by atoms with Crippen LogP contribution in [0.1, 0.15) is 18.9 Å². The Kier molecular flexibility index (Phi) is 6.93. The van der Waals surface area contributed by atoms with E-state index in [1.165, 1.54) is 5.56 Å². The van der Waals surface area contributed by atoms with Crippen molar-refractivity contribution < 1.29 is 8.42 Å². The first-order valence-electron chi connectivity index (χ1n) is 6.36. The summed E-state index contributed by atoms with van der Waals surface area (Å²) >= 11 is 0. The lowest BCUT2D eigenvalue weighted by atomic mass is 10.1. The van der Waals surface area contributed by atoms with E-state index in [1.807, 2.05) is 25.1 Å². The van der Waals surface area contributed by atoms with Gasteiger partial charge in [0.05, 0.1) is 5.75 Å². The molecule has 0 aliphatic carbocycles. The summed E-state index contributed by atoms with van der Waals surface area (Å²) in [7, 11) is -3.12. The molecule has 1 aromatic carbocycles. The molecule has 0 unspecified atom stereocenters. The van der Waals surface area contributed by atoms with Gasteiger partial charge in [-0.3, -0.25) is 0 Å². The normalized spacial score (nSPS) is 11.6. The number of aryl methyl sites for hydroxylation is 1.